The number of hydrogen-bond acceptors (Lipinski definition) is 5. The molecule has 1 saturated heterocycles. The van der Waals surface area contributed by atoms with Crippen LogP contribution in [0, 0.1) is 0 Å². The molecule has 0 saturated carbocycles. The molecule has 2 N–H and O–H groups in total. The van der Waals surface area contributed by atoms with Gasteiger partial charge < -0.3 is 20.1 Å². The maximum Gasteiger partial charge on any atom is 0.338 e. The first-order valence-electron chi connectivity index (χ1n) is 9.44. The highest BCUT2D eigenvalue weighted by Gasteiger charge is 2.18. The number of hydrogen-bond donors (Lipinski definition) is 2. The van der Waals surface area contributed by atoms with Crippen LogP contribution in [0.2, 0.25) is 0 Å². The third-order valence-corrected chi connectivity index (χ3v) is 4.07. The minimum atomic E-state index is -0.502. The fraction of sp³-hybridized carbons (Fsp3) is 0.600. The Morgan fingerprint density at radius 1 is 1.26 bits per heavy atom. The molecule has 0 atom stereocenters. The summed E-state index contributed by atoms with van der Waals surface area (Å²) in [5.74, 6) is 0.434. The SMILES string of the molecule is CN=C(NCCN1CCOCC1)NCc1cccc(C(=O)OC(C)(C)C)c1. The lowest BCUT2D eigenvalue weighted by atomic mass is 10.1. The first-order chi connectivity index (χ1) is 12.9. The molecule has 150 valence electrons. The summed E-state index contributed by atoms with van der Waals surface area (Å²) >= 11 is 0. The van der Waals surface area contributed by atoms with Crippen molar-refractivity contribution in [3.05, 3.63) is 35.4 Å². The normalized spacial score (nSPS) is 16.1. The summed E-state index contributed by atoms with van der Waals surface area (Å²) in [4.78, 5) is 18.8. The van der Waals surface area contributed by atoms with Crippen LogP contribution in [0.15, 0.2) is 29.3 Å². The average Bonchev–Trinajstić information content (AvgIpc) is 2.64. The van der Waals surface area contributed by atoms with Crippen LogP contribution >= 0.6 is 0 Å². The van der Waals surface area contributed by atoms with E-state index in [0.29, 0.717) is 12.1 Å². The lowest BCUT2D eigenvalue weighted by molar-refractivity contribution is 0.00694. The van der Waals surface area contributed by atoms with Gasteiger partial charge in [-0.15, -0.1) is 0 Å². The molecule has 1 heterocycles. The lowest BCUT2D eigenvalue weighted by Crippen LogP contribution is -2.44. The van der Waals surface area contributed by atoms with Gasteiger partial charge in [0, 0.05) is 39.8 Å². The van der Waals surface area contributed by atoms with E-state index in [9.17, 15) is 4.79 Å². The van der Waals surface area contributed by atoms with Crippen LogP contribution in [-0.2, 0) is 16.0 Å². The van der Waals surface area contributed by atoms with Crippen LogP contribution in [-0.4, -0.2) is 68.9 Å². The van der Waals surface area contributed by atoms with E-state index < -0.39 is 5.60 Å². The summed E-state index contributed by atoms with van der Waals surface area (Å²) < 4.78 is 10.8. The molecular weight excluding hydrogens is 344 g/mol. The van der Waals surface area contributed by atoms with Gasteiger partial charge in [-0.3, -0.25) is 9.89 Å². The van der Waals surface area contributed by atoms with Gasteiger partial charge in [-0.1, -0.05) is 12.1 Å². The number of rotatable bonds is 6. The van der Waals surface area contributed by atoms with E-state index >= 15 is 0 Å². The van der Waals surface area contributed by atoms with Crippen molar-refractivity contribution in [2.45, 2.75) is 32.9 Å². The van der Waals surface area contributed by atoms with Crippen molar-refractivity contribution in [2.24, 2.45) is 4.99 Å². The van der Waals surface area contributed by atoms with Crippen molar-refractivity contribution < 1.29 is 14.3 Å². The molecule has 27 heavy (non-hydrogen) atoms. The van der Waals surface area contributed by atoms with Crippen LogP contribution in [0.5, 0.6) is 0 Å². The number of carbonyl (C=O) groups is 1. The Morgan fingerprint density at radius 2 is 2.00 bits per heavy atom. The molecule has 0 bridgehead atoms. The number of carbonyl (C=O) groups excluding carboxylic acids is 1. The van der Waals surface area contributed by atoms with Crippen LogP contribution < -0.4 is 10.6 Å². The van der Waals surface area contributed by atoms with Gasteiger partial charge in [-0.25, -0.2) is 4.79 Å². The zero-order chi connectivity index (χ0) is 19.7. The highest BCUT2D eigenvalue weighted by molar-refractivity contribution is 5.89. The Bertz CT molecular complexity index is 634. The summed E-state index contributed by atoms with van der Waals surface area (Å²) in [5.41, 5.74) is 1.05. The second kappa shape index (κ2) is 10.3. The number of ether oxygens (including phenoxy) is 2. The van der Waals surface area contributed by atoms with Gasteiger partial charge in [0.2, 0.25) is 0 Å². The lowest BCUT2D eigenvalue weighted by Gasteiger charge is -2.26. The Morgan fingerprint density at radius 3 is 2.67 bits per heavy atom. The number of nitrogens with one attached hydrogen (secondary N) is 2. The van der Waals surface area contributed by atoms with E-state index in [2.05, 4.69) is 20.5 Å². The fourth-order valence-electron chi connectivity index (χ4n) is 2.71. The van der Waals surface area contributed by atoms with E-state index in [1.54, 1.807) is 13.1 Å². The third-order valence-electron chi connectivity index (χ3n) is 4.07. The molecule has 1 aliphatic heterocycles. The summed E-state index contributed by atoms with van der Waals surface area (Å²) in [6.07, 6.45) is 0. The van der Waals surface area contributed by atoms with Crippen molar-refractivity contribution in [1.29, 1.82) is 0 Å². The zero-order valence-electron chi connectivity index (χ0n) is 16.9. The molecule has 0 amide bonds. The standard InChI is InChI=1S/C20H32N4O3/c1-20(2,3)27-18(25)17-7-5-6-16(14-17)15-23-19(21-4)22-8-9-24-10-12-26-13-11-24/h5-7,14H,8-13,15H2,1-4H3,(H2,21,22,23). The zero-order valence-corrected chi connectivity index (χ0v) is 16.9. The second-order valence-electron chi connectivity index (χ2n) is 7.51. The van der Waals surface area contributed by atoms with Gasteiger partial charge in [0.1, 0.15) is 5.60 Å². The molecule has 7 nitrogen and oxygen atoms in total. The molecule has 1 aliphatic rings. The Labute approximate surface area is 162 Å². The number of guanidine groups is 1. The van der Waals surface area contributed by atoms with Crippen LogP contribution in [0.1, 0.15) is 36.7 Å². The predicted octanol–water partition coefficient (Wildman–Crippen LogP) is 1.64. The Balaban J connectivity index is 1.80. The van der Waals surface area contributed by atoms with Gasteiger partial charge in [-0.2, -0.15) is 0 Å². The van der Waals surface area contributed by atoms with Gasteiger partial charge >= 0.3 is 5.97 Å². The first kappa shape index (κ1) is 21.2. The van der Waals surface area contributed by atoms with E-state index in [0.717, 1.165) is 50.9 Å². The van der Waals surface area contributed by atoms with Crippen molar-refractivity contribution >= 4 is 11.9 Å². The smallest absolute Gasteiger partial charge is 0.338 e. The molecule has 7 heteroatoms. The van der Waals surface area contributed by atoms with E-state index in [1.165, 1.54) is 0 Å². The van der Waals surface area contributed by atoms with Gasteiger partial charge in [-0.05, 0) is 38.5 Å². The van der Waals surface area contributed by atoms with Crippen LogP contribution in [0.25, 0.3) is 0 Å². The molecular formula is C20H32N4O3. The quantitative estimate of drug-likeness (QED) is 0.447. The summed E-state index contributed by atoms with van der Waals surface area (Å²) in [6, 6.07) is 7.46. The maximum absolute atomic E-state index is 12.2. The molecule has 0 radical (unpaired) electrons. The monoisotopic (exact) mass is 376 g/mol. The van der Waals surface area contributed by atoms with Crippen molar-refractivity contribution in [2.75, 3.05) is 46.4 Å². The molecule has 0 aromatic heterocycles. The predicted molar refractivity (Wildman–Crippen MR) is 107 cm³/mol. The molecule has 0 unspecified atom stereocenters. The Hall–Kier alpha value is -2.12. The van der Waals surface area contributed by atoms with Gasteiger partial charge in [0.15, 0.2) is 5.96 Å². The Kier molecular flexibility index (Phi) is 8.06. The van der Waals surface area contributed by atoms with E-state index in [4.69, 9.17) is 9.47 Å². The number of morpholine rings is 1. The highest BCUT2D eigenvalue weighted by Crippen LogP contribution is 2.13. The number of nitrogens with zero attached hydrogens (tertiary/aromatic N) is 2. The van der Waals surface area contributed by atoms with Gasteiger partial charge in [0.05, 0.1) is 18.8 Å². The van der Waals surface area contributed by atoms with Crippen molar-refractivity contribution in [3.8, 4) is 0 Å². The minimum absolute atomic E-state index is 0.308. The molecule has 0 spiro atoms. The van der Waals surface area contributed by atoms with E-state index in [1.807, 2.05) is 39.0 Å². The molecule has 2 rings (SSSR count). The average molecular weight is 377 g/mol. The molecule has 1 aromatic carbocycles. The highest BCUT2D eigenvalue weighted by atomic mass is 16.6. The number of esters is 1. The fourth-order valence-corrected chi connectivity index (χ4v) is 2.71. The van der Waals surface area contributed by atoms with Crippen molar-refractivity contribution in [3.63, 3.8) is 0 Å². The molecule has 1 fully saturated rings. The number of benzene rings is 1. The summed E-state index contributed by atoms with van der Waals surface area (Å²) in [5, 5.41) is 6.60. The maximum atomic E-state index is 12.2. The number of aliphatic imine (C=N–C) groups is 1. The van der Waals surface area contributed by atoms with Gasteiger partial charge in [0.25, 0.3) is 0 Å². The largest absolute Gasteiger partial charge is 0.456 e. The van der Waals surface area contributed by atoms with Crippen LogP contribution in [0.3, 0.4) is 0 Å². The molecule has 0 aliphatic carbocycles. The minimum Gasteiger partial charge on any atom is -0.456 e. The van der Waals surface area contributed by atoms with Crippen molar-refractivity contribution in [1.82, 2.24) is 15.5 Å². The summed E-state index contributed by atoms with van der Waals surface area (Å²) in [7, 11) is 1.75. The van der Waals surface area contributed by atoms with E-state index in [-0.39, 0.29) is 5.97 Å². The topological polar surface area (TPSA) is 75.2 Å². The van der Waals surface area contributed by atoms with Crippen LogP contribution in [0.4, 0.5) is 0 Å². The summed E-state index contributed by atoms with van der Waals surface area (Å²) in [6.45, 7) is 11.5. The third kappa shape index (κ3) is 7.97. The molecule has 1 aromatic rings. The first-order valence-corrected chi connectivity index (χ1v) is 9.44. The second-order valence-corrected chi connectivity index (χ2v) is 7.51.